The summed E-state index contributed by atoms with van der Waals surface area (Å²) in [6.07, 6.45) is 2.31. The smallest absolute Gasteiger partial charge is 0.127 e. The second-order valence-corrected chi connectivity index (χ2v) is 5.37. The van der Waals surface area contributed by atoms with E-state index in [4.69, 9.17) is 4.74 Å². The van der Waals surface area contributed by atoms with Gasteiger partial charge < -0.3 is 9.64 Å². The van der Waals surface area contributed by atoms with Crippen molar-refractivity contribution in [1.82, 2.24) is 0 Å². The maximum atomic E-state index is 5.96. The summed E-state index contributed by atoms with van der Waals surface area (Å²) in [6.45, 7) is 1.99. The number of ether oxygens (including phenoxy) is 1. The largest absolute Gasteiger partial charge is 0.493 e. The van der Waals surface area contributed by atoms with Crippen molar-refractivity contribution < 1.29 is 9.64 Å². The first-order chi connectivity index (χ1) is 9.77. The predicted octanol–water partition coefficient (Wildman–Crippen LogP) is 2.66. The van der Waals surface area contributed by atoms with E-state index in [1.54, 1.807) is 0 Å². The normalized spacial score (nSPS) is 10.8. The van der Waals surface area contributed by atoms with Gasteiger partial charge in [-0.3, -0.25) is 0 Å². The van der Waals surface area contributed by atoms with Gasteiger partial charge in [-0.2, -0.15) is 0 Å². The van der Waals surface area contributed by atoms with Gasteiger partial charge in [-0.25, -0.2) is 0 Å². The molecule has 0 aliphatic carbocycles. The molecule has 2 aromatic carbocycles. The van der Waals surface area contributed by atoms with Gasteiger partial charge in [-0.05, 0) is 24.5 Å². The molecule has 0 spiro atoms. The zero-order valence-corrected chi connectivity index (χ0v) is 12.4. The van der Waals surface area contributed by atoms with Gasteiger partial charge in [-0.15, -0.1) is 0 Å². The first-order valence-corrected chi connectivity index (χ1v) is 7.33. The molecule has 0 heterocycles. The lowest BCUT2D eigenvalue weighted by molar-refractivity contribution is -0.858. The second-order valence-electron chi connectivity index (χ2n) is 5.37. The van der Waals surface area contributed by atoms with Gasteiger partial charge in [-0.1, -0.05) is 48.5 Å². The lowest BCUT2D eigenvalue weighted by Crippen LogP contribution is -3.05. The minimum atomic E-state index is 0.789. The van der Waals surface area contributed by atoms with Gasteiger partial charge in [0.2, 0.25) is 0 Å². The molecule has 0 unspecified atom stereocenters. The Bertz CT molecular complexity index is 508. The van der Waals surface area contributed by atoms with E-state index in [2.05, 4.69) is 56.6 Å². The number of para-hydroxylation sites is 1. The average molecular weight is 270 g/mol. The van der Waals surface area contributed by atoms with Crippen molar-refractivity contribution in [3.05, 3.63) is 54.6 Å². The van der Waals surface area contributed by atoms with E-state index in [0.29, 0.717) is 0 Å². The van der Waals surface area contributed by atoms with Crippen LogP contribution in [0.5, 0.6) is 5.75 Å². The third kappa shape index (κ3) is 4.39. The fourth-order valence-corrected chi connectivity index (χ4v) is 2.21. The molecule has 0 saturated heterocycles. The van der Waals surface area contributed by atoms with Crippen molar-refractivity contribution in [3.63, 3.8) is 0 Å². The van der Waals surface area contributed by atoms with Crippen LogP contribution in [0.1, 0.15) is 12.8 Å². The third-order valence-electron chi connectivity index (χ3n) is 3.30. The summed E-state index contributed by atoms with van der Waals surface area (Å²) in [5.74, 6) is 0.982. The number of hydrogen-bond acceptors (Lipinski definition) is 1. The van der Waals surface area contributed by atoms with Crippen LogP contribution in [0, 0.1) is 0 Å². The Morgan fingerprint density at radius 1 is 0.850 bits per heavy atom. The van der Waals surface area contributed by atoms with Crippen molar-refractivity contribution >= 4 is 0 Å². The van der Waals surface area contributed by atoms with Crippen molar-refractivity contribution in [1.29, 1.82) is 0 Å². The SMILES string of the molecule is C[NH+](C)CCCCOc1ccccc1-c1ccccc1. The first-order valence-electron chi connectivity index (χ1n) is 7.33. The van der Waals surface area contributed by atoms with Crippen LogP contribution in [0.4, 0.5) is 0 Å². The van der Waals surface area contributed by atoms with Crippen LogP contribution < -0.4 is 9.64 Å². The maximum Gasteiger partial charge on any atom is 0.127 e. The molecule has 0 aromatic heterocycles. The molecule has 0 aliphatic heterocycles. The van der Waals surface area contributed by atoms with E-state index in [9.17, 15) is 0 Å². The minimum Gasteiger partial charge on any atom is -0.493 e. The number of rotatable bonds is 7. The Balaban J connectivity index is 1.95. The molecule has 2 heteroatoms. The molecule has 2 aromatic rings. The Kier molecular flexibility index (Phi) is 5.63. The monoisotopic (exact) mass is 270 g/mol. The van der Waals surface area contributed by atoms with Crippen LogP contribution in [0.3, 0.4) is 0 Å². The number of unbranched alkanes of at least 4 members (excludes halogenated alkanes) is 1. The molecule has 1 N–H and O–H groups in total. The van der Waals surface area contributed by atoms with Gasteiger partial charge in [0.25, 0.3) is 0 Å². The summed E-state index contributed by atoms with van der Waals surface area (Å²) < 4.78 is 5.96. The zero-order valence-electron chi connectivity index (χ0n) is 12.4. The predicted molar refractivity (Wildman–Crippen MR) is 84.3 cm³/mol. The standard InChI is InChI=1S/C18H23NO/c1-19(2)14-8-9-15-20-18-13-7-6-12-17(18)16-10-4-3-5-11-16/h3-7,10-13H,8-9,14-15H2,1-2H3/p+1. The van der Waals surface area contributed by atoms with Crippen molar-refractivity contribution in [2.75, 3.05) is 27.2 Å². The Hall–Kier alpha value is -1.80. The summed E-state index contributed by atoms with van der Waals surface area (Å²) in [6, 6.07) is 18.7. The molecule has 0 fully saturated rings. The minimum absolute atomic E-state index is 0.789. The third-order valence-corrected chi connectivity index (χ3v) is 3.30. The van der Waals surface area contributed by atoms with Gasteiger partial charge in [0.15, 0.2) is 0 Å². The van der Waals surface area contributed by atoms with E-state index >= 15 is 0 Å². The molecule has 2 nitrogen and oxygen atoms in total. The number of benzene rings is 2. The molecule has 20 heavy (non-hydrogen) atoms. The van der Waals surface area contributed by atoms with Crippen LogP contribution in [-0.4, -0.2) is 27.2 Å². The molecule has 2 rings (SSSR count). The lowest BCUT2D eigenvalue weighted by Gasteiger charge is -2.12. The van der Waals surface area contributed by atoms with Gasteiger partial charge in [0.1, 0.15) is 5.75 Å². The highest BCUT2D eigenvalue weighted by molar-refractivity contribution is 5.70. The number of hydrogen-bond donors (Lipinski definition) is 1. The molecule has 106 valence electrons. The lowest BCUT2D eigenvalue weighted by atomic mass is 10.1. The maximum absolute atomic E-state index is 5.96. The highest BCUT2D eigenvalue weighted by atomic mass is 16.5. The van der Waals surface area contributed by atoms with E-state index < -0.39 is 0 Å². The van der Waals surface area contributed by atoms with E-state index in [1.165, 1.54) is 29.0 Å². The van der Waals surface area contributed by atoms with E-state index in [0.717, 1.165) is 18.8 Å². The van der Waals surface area contributed by atoms with E-state index in [1.807, 2.05) is 12.1 Å². The van der Waals surface area contributed by atoms with Gasteiger partial charge in [0.05, 0.1) is 27.2 Å². The van der Waals surface area contributed by atoms with Crippen LogP contribution in [-0.2, 0) is 0 Å². The van der Waals surface area contributed by atoms with E-state index in [-0.39, 0.29) is 0 Å². The van der Waals surface area contributed by atoms with Crippen LogP contribution in [0.15, 0.2) is 54.6 Å². The molecule has 0 amide bonds. The molecule has 0 aliphatic rings. The van der Waals surface area contributed by atoms with Gasteiger partial charge in [0, 0.05) is 5.56 Å². The van der Waals surface area contributed by atoms with Crippen molar-refractivity contribution in [2.45, 2.75) is 12.8 Å². The fraction of sp³-hybridized carbons (Fsp3) is 0.333. The average Bonchev–Trinajstić information content (AvgIpc) is 2.48. The summed E-state index contributed by atoms with van der Waals surface area (Å²) in [7, 11) is 4.37. The highest BCUT2D eigenvalue weighted by Crippen LogP contribution is 2.29. The molecule has 0 saturated carbocycles. The summed E-state index contributed by atoms with van der Waals surface area (Å²) in [5.41, 5.74) is 2.38. The topological polar surface area (TPSA) is 13.7 Å². The summed E-state index contributed by atoms with van der Waals surface area (Å²) in [5, 5.41) is 0. The van der Waals surface area contributed by atoms with Crippen LogP contribution in [0.25, 0.3) is 11.1 Å². The molecule has 0 atom stereocenters. The Morgan fingerprint density at radius 2 is 1.55 bits per heavy atom. The Morgan fingerprint density at radius 3 is 2.30 bits per heavy atom. The van der Waals surface area contributed by atoms with Crippen molar-refractivity contribution in [2.24, 2.45) is 0 Å². The molecule has 0 radical (unpaired) electrons. The fourth-order valence-electron chi connectivity index (χ4n) is 2.21. The quantitative estimate of drug-likeness (QED) is 0.764. The molecular formula is C18H24NO+. The Labute approximate surface area is 122 Å². The molecular weight excluding hydrogens is 246 g/mol. The van der Waals surface area contributed by atoms with Crippen molar-refractivity contribution in [3.8, 4) is 16.9 Å². The summed E-state index contributed by atoms with van der Waals surface area (Å²) in [4.78, 5) is 1.50. The highest BCUT2D eigenvalue weighted by Gasteiger charge is 2.05. The number of quaternary nitrogens is 1. The first kappa shape index (κ1) is 14.6. The summed E-state index contributed by atoms with van der Waals surface area (Å²) >= 11 is 0. The molecule has 0 bridgehead atoms. The van der Waals surface area contributed by atoms with Crippen LogP contribution >= 0.6 is 0 Å². The van der Waals surface area contributed by atoms with Gasteiger partial charge >= 0.3 is 0 Å². The second kappa shape index (κ2) is 7.71. The zero-order chi connectivity index (χ0) is 14.2. The van der Waals surface area contributed by atoms with Crippen LogP contribution in [0.2, 0.25) is 0 Å². The number of nitrogens with one attached hydrogen (secondary N) is 1.